The highest BCUT2D eigenvalue weighted by Crippen LogP contribution is 2.25. The van der Waals surface area contributed by atoms with Crippen LogP contribution in [0.5, 0.6) is 11.6 Å². The number of aromatic nitrogens is 1. The number of halogens is 1. The van der Waals surface area contributed by atoms with E-state index in [-0.39, 0.29) is 12.4 Å². The first-order valence-electron chi connectivity index (χ1n) is 5.85. The van der Waals surface area contributed by atoms with Crippen LogP contribution in [0.3, 0.4) is 0 Å². The van der Waals surface area contributed by atoms with E-state index in [1.807, 2.05) is 0 Å². The molecule has 0 unspecified atom stereocenters. The van der Waals surface area contributed by atoms with Gasteiger partial charge in [-0.05, 0) is 30.3 Å². The van der Waals surface area contributed by atoms with Crippen LogP contribution in [0.2, 0.25) is 0 Å². The molecule has 6 nitrogen and oxygen atoms in total. The van der Waals surface area contributed by atoms with E-state index in [4.69, 9.17) is 14.6 Å². The van der Waals surface area contributed by atoms with Crippen LogP contribution in [0.15, 0.2) is 41.4 Å². The smallest absolute Gasteiger partial charge is 0.241 e. The maximum Gasteiger partial charge on any atom is 0.241 e. The highest BCUT2D eigenvalue weighted by atomic mass is 32.2. The fraction of sp³-hybridized carbons (Fsp3) is 0.154. The molecule has 0 aliphatic carbocycles. The quantitative estimate of drug-likeness (QED) is 0.902. The molecule has 0 radical (unpaired) electrons. The van der Waals surface area contributed by atoms with E-state index in [0.29, 0.717) is 11.4 Å². The number of primary sulfonamides is 1. The first-order valence-corrected chi connectivity index (χ1v) is 7.39. The Morgan fingerprint density at radius 1 is 1.33 bits per heavy atom. The predicted molar refractivity (Wildman–Crippen MR) is 72.9 cm³/mol. The van der Waals surface area contributed by atoms with Crippen molar-refractivity contribution in [3.8, 4) is 11.6 Å². The van der Waals surface area contributed by atoms with Gasteiger partial charge >= 0.3 is 0 Å². The standard InChI is InChI=1S/C13H13FN2O4S/c1-19-13-9(3-2-6-16-13)8-20-11-5-4-10(14)7-12(11)21(15,17)18/h2-7H,8H2,1H3,(H2,15,17,18). The van der Waals surface area contributed by atoms with Crippen molar-refractivity contribution < 1.29 is 22.3 Å². The van der Waals surface area contributed by atoms with Crippen molar-refractivity contribution in [2.24, 2.45) is 5.14 Å². The van der Waals surface area contributed by atoms with Gasteiger partial charge in [-0.25, -0.2) is 22.9 Å². The second-order valence-corrected chi connectivity index (χ2v) is 5.63. The van der Waals surface area contributed by atoms with Gasteiger partial charge in [0.25, 0.3) is 0 Å². The van der Waals surface area contributed by atoms with Crippen LogP contribution in [0.1, 0.15) is 5.56 Å². The monoisotopic (exact) mass is 312 g/mol. The Labute approximate surface area is 121 Å². The van der Waals surface area contributed by atoms with Gasteiger partial charge < -0.3 is 9.47 Å². The minimum atomic E-state index is -4.09. The molecule has 1 heterocycles. The third-order valence-electron chi connectivity index (χ3n) is 2.64. The molecule has 112 valence electrons. The SMILES string of the molecule is COc1ncccc1COc1ccc(F)cc1S(N)(=O)=O. The highest BCUT2D eigenvalue weighted by Gasteiger charge is 2.17. The molecule has 0 spiro atoms. The zero-order valence-corrected chi connectivity index (χ0v) is 11.9. The van der Waals surface area contributed by atoms with Crippen LogP contribution in [-0.2, 0) is 16.6 Å². The summed E-state index contributed by atoms with van der Waals surface area (Å²) in [7, 11) is -2.63. The van der Waals surface area contributed by atoms with Crippen molar-refractivity contribution in [3.63, 3.8) is 0 Å². The molecule has 0 saturated heterocycles. The first-order chi connectivity index (χ1) is 9.91. The van der Waals surface area contributed by atoms with E-state index < -0.39 is 20.7 Å². The second kappa shape index (κ2) is 6.06. The number of nitrogens with zero attached hydrogens (tertiary/aromatic N) is 1. The maximum absolute atomic E-state index is 13.2. The number of ether oxygens (including phenoxy) is 2. The van der Waals surface area contributed by atoms with Crippen LogP contribution < -0.4 is 14.6 Å². The van der Waals surface area contributed by atoms with E-state index in [1.54, 1.807) is 18.3 Å². The van der Waals surface area contributed by atoms with Crippen LogP contribution in [-0.4, -0.2) is 20.5 Å². The van der Waals surface area contributed by atoms with Crippen molar-refractivity contribution in [2.45, 2.75) is 11.5 Å². The molecule has 1 aromatic carbocycles. The molecule has 0 aliphatic rings. The molecule has 0 bridgehead atoms. The normalized spacial score (nSPS) is 11.2. The molecule has 0 amide bonds. The summed E-state index contributed by atoms with van der Waals surface area (Å²) in [5, 5.41) is 5.04. The lowest BCUT2D eigenvalue weighted by atomic mass is 10.3. The van der Waals surface area contributed by atoms with Gasteiger partial charge in [0.1, 0.15) is 23.1 Å². The third kappa shape index (κ3) is 3.67. The van der Waals surface area contributed by atoms with E-state index in [2.05, 4.69) is 4.98 Å². The average Bonchev–Trinajstić information content (AvgIpc) is 2.45. The minimum Gasteiger partial charge on any atom is -0.487 e. The van der Waals surface area contributed by atoms with Gasteiger partial charge in [-0.3, -0.25) is 0 Å². The Morgan fingerprint density at radius 3 is 2.76 bits per heavy atom. The van der Waals surface area contributed by atoms with Gasteiger partial charge in [-0.2, -0.15) is 0 Å². The molecule has 2 aromatic rings. The summed E-state index contributed by atoms with van der Waals surface area (Å²) in [5.74, 6) is -0.396. The van der Waals surface area contributed by atoms with Gasteiger partial charge in [0.2, 0.25) is 15.9 Å². The Kier molecular flexibility index (Phi) is 4.39. The summed E-state index contributed by atoms with van der Waals surface area (Å²) in [4.78, 5) is 3.58. The molecule has 8 heteroatoms. The molecular formula is C13H13FN2O4S. The third-order valence-corrected chi connectivity index (χ3v) is 3.57. The van der Waals surface area contributed by atoms with Crippen LogP contribution in [0.25, 0.3) is 0 Å². The van der Waals surface area contributed by atoms with Crippen LogP contribution >= 0.6 is 0 Å². The number of hydrogen-bond donors (Lipinski definition) is 1. The topological polar surface area (TPSA) is 91.5 Å². The lowest BCUT2D eigenvalue weighted by molar-refractivity contribution is 0.286. The number of benzene rings is 1. The van der Waals surface area contributed by atoms with Crippen LogP contribution in [0, 0.1) is 5.82 Å². The van der Waals surface area contributed by atoms with E-state index in [1.165, 1.54) is 13.2 Å². The number of nitrogens with two attached hydrogens (primary N) is 1. The molecule has 2 N–H and O–H groups in total. The predicted octanol–water partition coefficient (Wildman–Crippen LogP) is 1.46. The van der Waals surface area contributed by atoms with E-state index in [0.717, 1.165) is 12.1 Å². The van der Waals surface area contributed by atoms with Gasteiger partial charge in [-0.15, -0.1) is 0 Å². The molecule has 0 fully saturated rings. The Hall–Kier alpha value is -2.19. The lowest BCUT2D eigenvalue weighted by Crippen LogP contribution is -2.14. The van der Waals surface area contributed by atoms with Gasteiger partial charge in [0.05, 0.1) is 12.7 Å². The molecule has 0 atom stereocenters. The minimum absolute atomic E-state index is 0.00512. The fourth-order valence-corrected chi connectivity index (χ4v) is 2.38. The first kappa shape index (κ1) is 15.2. The van der Waals surface area contributed by atoms with Crippen molar-refractivity contribution >= 4 is 10.0 Å². The number of rotatable bonds is 5. The molecule has 0 aliphatic heterocycles. The number of hydrogen-bond acceptors (Lipinski definition) is 5. The summed E-state index contributed by atoms with van der Waals surface area (Å²) in [6.07, 6.45) is 1.55. The molecule has 0 saturated carbocycles. The summed E-state index contributed by atoms with van der Waals surface area (Å²) < 4.78 is 46.5. The van der Waals surface area contributed by atoms with Gasteiger partial charge in [0, 0.05) is 6.20 Å². The van der Waals surface area contributed by atoms with Gasteiger partial charge in [0.15, 0.2) is 0 Å². The molecule has 2 rings (SSSR count). The summed E-state index contributed by atoms with van der Waals surface area (Å²) in [6.45, 7) is 0.00512. The largest absolute Gasteiger partial charge is 0.487 e. The molecule has 21 heavy (non-hydrogen) atoms. The molecule has 1 aromatic heterocycles. The van der Waals surface area contributed by atoms with Gasteiger partial charge in [-0.1, -0.05) is 0 Å². The number of pyridine rings is 1. The highest BCUT2D eigenvalue weighted by molar-refractivity contribution is 7.89. The molecular weight excluding hydrogens is 299 g/mol. The zero-order valence-electron chi connectivity index (χ0n) is 11.1. The van der Waals surface area contributed by atoms with Crippen molar-refractivity contribution in [2.75, 3.05) is 7.11 Å². The van der Waals surface area contributed by atoms with Crippen LogP contribution in [0.4, 0.5) is 4.39 Å². The summed E-state index contributed by atoms with van der Waals surface area (Å²) in [6, 6.07) is 6.51. The summed E-state index contributed by atoms with van der Waals surface area (Å²) in [5.41, 5.74) is 0.615. The average molecular weight is 312 g/mol. The fourth-order valence-electron chi connectivity index (χ4n) is 1.70. The number of methoxy groups -OCH3 is 1. The van der Waals surface area contributed by atoms with Crippen molar-refractivity contribution in [3.05, 3.63) is 47.9 Å². The second-order valence-electron chi connectivity index (χ2n) is 4.10. The maximum atomic E-state index is 13.2. The Morgan fingerprint density at radius 2 is 2.10 bits per heavy atom. The lowest BCUT2D eigenvalue weighted by Gasteiger charge is -2.11. The van der Waals surface area contributed by atoms with Crippen molar-refractivity contribution in [1.29, 1.82) is 0 Å². The number of sulfonamides is 1. The Bertz CT molecular complexity index is 750. The zero-order chi connectivity index (χ0) is 15.5. The van der Waals surface area contributed by atoms with E-state index in [9.17, 15) is 12.8 Å². The summed E-state index contributed by atoms with van der Waals surface area (Å²) >= 11 is 0. The van der Waals surface area contributed by atoms with Crippen molar-refractivity contribution in [1.82, 2.24) is 4.98 Å². The Balaban J connectivity index is 2.29. The van der Waals surface area contributed by atoms with E-state index >= 15 is 0 Å².